The van der Waals surface area contributed by atoms with E-state index in [0.29, 0.717) is 0 Å². The van der Waals surface area contributed by atoms with Crippen molar-refractivity contribution in [3.8, 4) is 11.5 Å². The molecule has 0 atom stereocenters. The minimum atomic E-state index is 0.0989. The van der Waals surface area contributed by atoms with Crippen molar-refractivity contribution in [2.45, 2.75) is 127 Å². The van der Waals surface area contributed by atoms with Crippen molar-refractivity contribution in [2.75, 3.05) is 5.32 Å². The van der Waals surface area contributed by atoms with Crippen molar-refractivity contribution in [1.29, 1.82) is 0 Å². The third kappa shape index (κ3) is 3.69. The molecule has 7 rings (SSSR count). The van der Waals surface area contributed by atoms with Crippen LogP contribution >= 0.6 is 0 Å². The van der Waals surface area contributed by atoms with Crippen LogP contribution in [-0.2, 0) is 12.8 Å². The quantitative estimate of drug-likeness (QED) is 0.231. The van der Waals surface area contributed by atoms with E-state index in [4.69, 9.17) is 4.74 Å². The maximum atomic E-state index is 7.42. The van der Waals surface area contributed by atoms with E-state index in [1.807, 2.05) is 0 Å². The Bertz CT molecular complexity index is 2110. The summed E-state index contributed by atoms with van der Waals surface area (Å²) in [5.41, 5.74) is 18.0. The molecule has 0 saturated carbocycles. The fourth-order valence-corrected chi connectivity index (χ4v) is 8.71. The predicted octanol–water partition coefficient (Wildman–Crippen LogP) is 7.35. The number of aryl methyl sites for hydroxylation is 6. The molecule has 224 valence electrons. The first-order valence-electron chi connectivity index (χ1n) is 16.3. The molecule has 4 aromatic carbocycles. The molecular formula is C40H49N2O+. The van der Waals surface area contributed by atoms with Crippen LogP contribution in [0.3, 0.4) is 0 Å². The van der Waals surface area contributed by atoms with E-state index in [1.165, 1.54) is 105 Å². The van der Waals surface area contributed by atoms with Crippen LogP contribution in [0.5, 0.6) is 11.5 Å². The zero-order valence-corrected chi connectivity index (χ0v) is 28.7. The van der Waals surface area contributed by atoms with Gasteiger partial charge in [-0.1, -0.05) is 0 Å². The molecule has 0 bridgehead atoms. The van der Waals surface area contributed by atoms with Gasteiger partial charge in [-0.25, -0.2) is 4.99 Å². The first-order chi connectivity index (χ1) is 20.1. The molecule has 43 heavy (non-hydrogen) atoms. The van der Waals surface area contributed by atoms with Gasteiger partial charge in [-0.15, -0.1) is 0 Å². The van der Waals surface area contributed by atoms with Crippen LogP contribution in [0.1, 0.15) is 109 Å². The topological polar surface area (TPSA) is 35.2 Å². The lowest BCUT2D eigenvalue weighted by molar-refractivity contribution is -0.587. The summed E-state index contributed by atoms with van der Waals surface area (Å²) in [7, 11) is 0. The number of anilines is 1. The number of rotatable bonds is 0. The molecule has 4 aromatic rings. The molecular weight excluding hydrogens is 524 g/mol. The fraction of sp³-hybridized carbons (Fsp3) is 0.475. The van der Waals surface area contributed by atoms with Gasteiger partial charge in [-0.3, -0.25) is 0 Å². The van der Waals surface area contributed by atoms with Gasteiger partial charge in [0.25, 0.3) is 0 Å². The van der Waals surface area contributed by atoms with E-state index in [9.17, 15) is 0 Å². The van der Waals surface area contributed by atoms with Crippen LogP contribution < -0.4 is 25.6 Å². The van der Waals surface area contributed by atoms with Gasteiger partial charge in [0.1, 0.15) is 11.5 Å². The maximum absolute atomic E-state index is 7.42. The third-order valence-electron chi connectivity index (χ3n) is 11.7. The number of benzene rings is 4. The number of hydrogen-bond donors (Lipinski definition) is 2. The molecule has 3 heteroatoms. The standard InChI is InChI=1S/C40H48N2O/c1-18-20(3)31-27-14-16-39(10,11)41-35(27)24(7)22(5)33(31)37-29(18)26(9)30-19(2)21(4)32-28-15-17-40(12,13)42-36(28)25(8)23(6)34(32)38(30)43-37/h41H,14-17H2,1-13H3/p+1. The highest BCUT2D eigenvalue weighted by Gasteiger charge is 2.35. The Morgan fingerprint density at radius 3 is 1.84 bits per heavy atom. The van der Waals surface area contributed by atoms with Crippen LogP contribution in [0.2, 0.25) is 0 Å². The van der Waals surface area contributed by atoms with Crippen molar-refractivity contribution in [1.82, 2.24) is 0 Å². The molecule has 3 aliphatic heterocycles. The zero-order valence-electron chi connectivity index (χ0n) is 28.7. The van der Waals surface area contributed by atoms with E-state index in [-0.39, 0.29) is 11.1 Å². The SMILES string of the molecule is CC1=c2c(C)c(C)c3c4c(c(C)c(C)c3c2Oc2c1c(C)c(C)c1c3c(c(C)c(C)c21)NC(C)(C)CC3)=[NH+]C(C)(C)CC4. The summed E-state index contributed by atoms with van der Waals surface area (Å²) in [4.78, 5) is 3.92. The lowest BCUT2D eigenvalue weighted by Gasteiger charge is -2.37. The number of fused-ring (bicyclic) bond motifs is 10. The van der Waals surface area contributed by atoms with Gasteiger partial charge >= 0.3 is 0 Å². The van der Waals surface area contributed by atoms with Crippen molar-refractivity contribution in [2.24, 2.45) is 0 Å². The average molecular weight is 574 g/mol. The second kappa shape index (κ2) is 8.87. The summed E-state index contributed by atoms with van der Waals surface area (Å²) < 4.78 is 7.42. The van der Waals surface area contributed by atoms with E-state index >= 15 is 0 Å². The minimum absolute atomic E-state index is 0.0989. The highest BCUT2D eigenvalue weighted by Crippen LogP contribution is 2.51. The average Bonchev–Trinajstić information content (AvgIpc) is 2.93. The fourth-order valence-electron chi connectivity index (χ4n) is 8.71. The maximum Gasteiger partial charge on any atom is 0.205 e. The van der Waals surface area contributed by atoms with Crippen molar-refractivity contribution < 1.29 is 9.73 Å². The Hall–Kier alpha value is -3.33. The van der Waals surface area contributed by atoms with Gasteiger partial charge in [-0.05, 0) is 170 Å². The van der Waals surface area contributed by atoms with E-state index in [1.54, 1.807) is 0 Å². The Kier molecular flexibility index (Phi) is 5.86. The number of hydrogen-bond acceptors (Lipinski definition) is 2. The minimum Gasteiger partial charge on any atom is -0.455 e. The van der Waals surface area contributed by atoms with Gasteiger partial charge < -0.3 is 10.1 Å². The molecule has 0 fully saturated rings. The summed E-state index contributed by atoms with van der Waals surface area (Å²) in [6.45, 7) is 30.2. The van der Waals surface area contributed by atoms with Gasteiger partial charge in [0.2, 0.25) is 5.36 Å². The Morgan fingerprint density at radius 1 is 0.581 bits per heavy atom. The summed E-state index contributed by atoms with van der Waals surface area (Å²) in [5.74, 6) is 2.13. The summed E-state index contributed by atoms with van der Waals surface area (Å²) >= 11 is 0. The monoisotopic (exact) mass is 573 g/mol. The molecule has 0 amide bonds. The Balaban J connectivity index is 1.66. The van der Waals surface area contributed by atoms with Gasteiger partial charge in [0.05, 0.1) is 0 Å². The van der Waals surface area contributed by atoms with Crippen molar-refractivity contribution >= 4 is 32.8 Å². The second-order valence-electron chi connectivity index (χ2n) is 15.4. The smallest absolute Gasteiger partial charge is 0.205 e. The van der Waals surface area contributed by atoms with Crippen LogP contribution in [0, 0.1) is 55.4 Å². The third-order valence-corrected chi connectivity index (χ3v) is 11.7. The summed E-state index contributed by atoms with van der Waals surface area (Å²) in [6.07, 6.45) is 4.42. The largest absolute Gasteiger partial charge is 0.455 e. The molecule has 0 aliphatic carbocycles. The van der Waals surface area contributed by atoms with Gasteiger partial charge in [0, 0.05) is 50.3 Å². The van der Waals surface area contributed by atoms with Crippen molar-refractivity contribution in [3.63, 3.8) is 0 Å². The first-order valence-corrected chi connectivity index (χ1v) is 16.3. The second-order valence-corrected chi connectivity index (χ2v) is 15.4. The summed E-state index contributed by atoms with van der Waals surface area (Å²) in [6, 6.07) is 0. The molecule has 0 radical (unpaired) electrons. The lowest BCUT2D eigenvalue weighted by atomic mass is 9.78. The van der Waals surface area contributed by atoms with E-state index in [0.717, 1.165) is 37.2 Å². The van der Waals surface area contributed by atoms with Gasteiger partial charge in [0.15, 0.2) is 5.54 Å². The normalized spacial score (nSPS) is 17.9. The van der Waals surface area contributed by atoms with Crippen LogP contribution in [-0.4, -0.2) is 11.1 Å². The van der Waals surface area contributed by atoms with Crippen LogP contribution in [0.15, 0.2) is 0 Å². The first kappa shape index (κ1) is 28.4. The Morgan fingerprint density at radius 2 is 1.14 bits per heavy atom. The number of nitrogens with one attached hydrogen (secondary N) is 2. The van der Waals surface area contributed by atoms with E-state index in [2.05, 4.69) is 100 Å². The summed E-state index contributed by atoms with van der Waals surface area (Å²) in [5, 5.41) is 12.0. The number of ether oxygens (including phenoxy) is 1. The molecule has 0 spiro atoms. The van der Waals surface area contributed by atoms with E-state index < -0.39 is 0 Å². The molecule has 0 unspecified atom stereocenters. The highest BCUT2D eigenvalue weighted by molar-refractivity contribution is 6.07. The lowest BCUT2D eigenvalue weighted by Crippen LogP contribution is -2.90. The molecule has 3 nitrogen and oxygen atoms in total. The van der Waals surface area contributed by atoms with Gasteiger partial charge in [-0.2, -0.15) is 0 Å². The molecule has 3 heterocycles. The molecule has 2 N–H and O–H groups in total. The Labute approximate surface area is 257 Å². The van der Waals surface area contributed by atoms with Crippen molar-refractivity contribution in [3.05, 3.63) is 71.8 Å². The molecule has 0 saturated heterocycles. The molecule has 0 aromatic heterocycles. The van der Waals surface area contributed by atoms with Crippen LogP contribution in [0.25, 0.3) is 27.1 Å². The molecule has 3 aliphatic rings. The highest BCUT2D eigenvalue weighted by atomic mass is 16.5. The predicted molar refractivity (Wildman–Crippen MR) is 182 cm³/mol. The zero-order chi connectivity index (χ0) is 31.1. The van der Waals surface area contributed by atoms with Crippen LogP contribution in [0.4, 0.5) is 5.69 Å².